The van der Waals surface area contributed by atoms with Gasteiger partial charge in [-0.05, 0) is 60.6 Å². The summed E-state index contributed by atoms with van der Waals surface area (Å²) in [6, 6.07) is 11.3. The minimum Gasteiger partial charge on any atom is -0.490 e. The first-order valence-corrected chi connectivity index (χ1v) is 13.9. The van der Waals surface area contributed by atoms with Gasteiger partial charge in [0.1, 0.15) is 29.0 Å². The highest BCUT2D eigenvalue weighted by Crippen LogP contribution is 2.41. The molecule has 10 heteroatoms. The number of nitrogens with zero attached hydrogens (tertiary/aromatic N) is 2. The van der Waals surface area contributed by atoms with Crippen LogP contribution in [0.15, 0.2) is 42.6 Å². The standard InChI is InChI=1S/C28H28ClFIN3O4/c1-15(2)37-26-22-21(9-16(3)24(26)30)36-14-18-10-19(13-34(18)28(22)35)38-27-23(29)25(20(31)12-33-27)32-11-17-7-5-4-6-8-17/h4-9,12,15,18-19H,10-11,13-14H2,1-3H3,(H,32,33)/t18-,19+/m1/s1. The van der Waals surface area contributed by atoms with Crippen molar-refractivity contribution in [3.63, 3.8) is 0 Å². The molecule has 0 saturated carbocycles. The van der Waals surface area contributed by atoms with Gasteiger partial charge < -0.3 is 24.4 Å². The van der Waals surface area contributed by atoms with Crippen molar-refractivity contribution < 1.29 is 23.4 Å². The van der Waals surface area contributed by atoms with Gasteiger partial charge in [0.25, 0.3) is 5.91 Å². The maximum atomic E-state index is 15.0. The number of benzene rings is 2. The molecule has 2 aliphatic rings. The molecule has 1 saturated heterocycles. The smallest absolute Gasteiger partial charge is 0.262 e. The minimum absolute atomic E-state index is 0.0681. The third-order valence-electron chi connectivity index (χ3n) is 6.53. The zero-order chi connectivity index (χ0) is 27.0. The number of nitrogens with one attached hydrogen (secondary N) is 1. The molecular weight excluding hydrogens is 624 g/mol. The number of aryl methyl sites for hydroxylation is 1. The Kier molecular flexibility index (Phi) is 7.85. The monoisotopic (exact) mass is 651 g/mol. The van der Waals surface area contributed by atoms with Crippen LogP contribution in [0.3, 0.4) is 0 Å². The van der Waals surface area contributed by atoms with Gasteiger partial charge in [-0.15, -0.1) is 0 Å². The number of hydrogen-bond acceptors (Lipinski definition) is 6. The van der Waals surface area contributed by atoms with Gasteiger partial charge in [-0.25, -0.2) is 9.37 Å². The van der Waals surface area contributed by atoms with Gasteiger partial charge in [0, 0.05) is 19.2 Å². The number of hydrogen-bond donors (Lipinski definition) is 1. The number of amides is 1. The Bertz CT molecular complexity index is 1360. The van der Waals surface area contributed by atoms with Gasteiger partial charge in [-0.3, -0.25) is 4.79 Å². The summed E-state index contributed by atoms with van der Waals surface area (Å²) in [5.41, 5.74) is 2.34. The van der Waals surface area contributed by atoms with E-state index in [1.165, 1.54) is 0 Å². The lowest BCUT2D eigenvalue weighted by Crippen LogP contribution is -2.37. The summed E-state index contributed by atoms with van der Waals surface area (Å²) in [6.45, 7) is 6.37. The summed E-state index contributed by atoms with van der Waals surface area (Å²) in [4.78, 5) is 19.7. The number of carbonyl (C=O) groups is 1. The van der Waals surface area contributed by atoms with E-state index >= 15 is 4.39 Å². The lowest BCUT2D eigenvalue weighted by molar-refractivity contribution is 0.0708. The highest BCUT2D eigenvalue weighted by molar-refractivity contribution is 14.1. The molecule has 1 N–H and O–H groups in total. The Hall–Kier alpha value is -2.79. The van der Waals surface area contributed by atoms with E-state index in [1.807, 2.05) is 30.3 Å². The summed E-state index contributed by atoms with van der Waals surface area (Å²) in [5, 5.41) is 3.76. The third-order valence-corrected chi connectivity index (χ3v) is 7.70. The van der Waals surface area contributed by atoms with Gasteiger partial charge in [0.05, 0.1) is 27.9 Å². The molecule has 200 valence electrons. The molecule has 0 bridgehead atoms. The summed E-state index contributed by atoms with van der Waals surface area (Å²) in [5.74, 6) is -0.320. The second kappa shape index (κ2) is 11.1. The second-order valence-electron chi connectivity index (χ2n) is 9.71. The van der Waals surface area contributed by atoms with Crippen LogP contribution in [-0.2, 0) is 6.54 Å². The first-order chi connectivity index (χ1) is 18.2. The normalized spacial score (nSPS) is 18.5. The maximum Gasteiger partial charge on any atom is 0.262 e. The Morgan fingerprint density at radius 2 is 2.08 bits per heavy atom. The summed E-state index contributed by atoms with van der Waals surface area (Å²) in [6.07, 6.45) is 1.56. The third kappa shape index (κ3) is 5.36. The van der Waals surface area contributed by atoms with Crippen molar-refractivity contribution in [3.05, 3.63) is 73.7 Å². The molecule has 0 unspecified atom stereocenters. The van der Waals surface area contributed by atoms with E-state index in [0.717, 1.165) is 14.8 Å². The van der Waals surface area contributed by atoms with Crippen molar-refractivity contribution in [1.29, 1.82) is 0 Å². The number of aromatic nitrogens is 1. The summed E-state index contributed by atoms with van der Waals surface area (Å²) >= 11 is 8.90. The van der Waals surface area contributed by atoms with Gasteiger partial charge >= 0.3 is 0 Å². The first-order valence-electron chi connectivity index (χ1n) is 12.4. The number of anilines is 1. The number of halogens is 3. The highest BCUT2D eigenvalue weighted by Gasteiger charge is 2.42. The van der Waals surface area contributed by atoms with Gasteiger partial charge in [0.2, 0.25) is 5.88 Å². The Morgan fingerprint density at radius 1 is 1.32 bits per heavy atom. The lowest BCUT2D eigenvalue weighted by atomic mass is 10.1. The van der Waals surface area contributed by atoms with E-state index in [9.17, 15) is 4.79 Å². The van der Waals surface area contributed by atoms with Crippen LogP contribution in [0.25, 0.3) is 0 Å². The van der Waals surface area contributed by atoms with Crippen LogP contribution in [0.2, 0.25) is 5.02 Å². The van der Waals surface area contributed by atoms with Crippen LogP contribution >= 0.6 is 34.2 Å². The largest absolute Gasteiger partial charge is 0.490 e. The quantitative estimate of drug-likeness (QED) is 0.305. The van der Waals surface area contributed by atoms with Crippen LogP contribution in [0.4, 0.5) is 10.1 Å². The Balaban J connectivity index is 1.35. The minimum atomic E-state index is -0.551. The number of ether oxygens (including phenoxy) is 3. The topological polar surface area (TPSA) is 72.9 Å². The van der Waals surface area contributed by atoms with Crippen LogP contribution in [0.5, 0.6) is 17.4 Å². The molecule has 0 spiro atoms. The fourth-order valence-electron chi connectivity index (χ4n) is 4.73. The van der Waals surface area contributed by atoms with Crippen LogP contribution in [0.1, 0.15) is 41.8 Å². The average Bonchev–Trinajstić information content (AvgIpc) is 3.24. The molecule has 2 atom stereocenters. The number of rotatable bonds is 7. The predicted molar refractivity (Wildman–Crippen MR) is 152 cm³/mol. The summed E-state index contributed by atoms with van der Waals surface area (Å²) < 4.78 is 33.9. The first kappa shape index (κ1) is 26.8. The number of pyridine rings is 1. The molecule has 38 heavy (non-hydrogen) atoms. The highest BCUT2D eigenvalue weighted by atomic mass is 127. The molecule has 3 heterocycles. The molecular formula is C28H28ClFIN3O4. The van der Waals surface area contributed by atoms with Crippen molar-refractivity contribution in [2.75, 3.05) is 18.5 Å². The van der Waals surface area contributed by atoms with E-state index in [0.29, 0.717) is 41.7 Å². The van der Waals surface area contributed by atoms with Crippen molar-refractivity contribution >= 4 is 45.8 Å². The maximum absolute atomic E-state index is 15.0. The van der Waals surface area contributed by atoms with Crippen molar-refractivity contribution in [2.24, 2.45) is 0 Å². The molecule has 1 fully saturated rings. The zero-order valence-electron chi connectivity index (χ0n) is 21.3. The zero-order valence-corrected chi connectivity index (χ0v) is 24.2. The van der Waals surface area contributed by atoms with Crippen molar-refractivity contribution in [3.8, 4) is 17.4 Å². The van der Waals surface area contributed by atoms with E-state index in [2.05, 4.69) is 32.9 Å². The molecule has 3 aromatic rings. The lowest BCUT2D eigenvalue weighted by Gasteiger charge is -2.22. The Labute approximate surface area is 239 Å². The molecule has 5 rings (SSSR count). The second-order valence-corrected chi connectivity index (χ2v) is 11.3. The predicted octanol–water partition coefficient (Wildman–Crippen LogP) is 6.24. The fourth-order valence-corrected chi connectivity index (χ4v) is 5.75. The van der Waals surface area contributed by atoms with Crippen molar-refractivity contribution in [1.82, 2.24) is 9.88 Å². The van der Waals surface area contributed by atoms with Crippen LogP contribution in [-0.4, -0.2) is 47.2 Å². The van der Waals surface area contributed by atoms with Gasteiger partial charge in [0.15, 0.2) is 11.6 Å². The fraction of sp³-hybridized carbons (Fsp3) is 0.357. The molecule has 1 amide bonds. The molecule has 2 aliphatic heterocycles. The number of carbonyl (C=O) groups excluding carboxylic acids is 1. The van der Waals surface area contributed by atoms with E-state index in [1.54, 1.807) is 37.9 Å². The number of fused-ring (bicyclic) bond motifs is 2. The molecule has 0 radical (unpaired) electrons. The Morgan fingerprint density at radius 3 is 2.82 bits per heavy atom. The SMILES string of the molecule is Cc1cc2c(c(OC(C)C)c1F)C(=O)N1C[C@@H](Oc3ncc(I)c(NCc4ccccc4)c3Cl)C[C@@H]1CO2. The van der Waals surface area contributed by atoms with E-state index in [-0.39, 0.29) is 42.1 Å². The van der Waals surface area contributed by atoms with E-state index in [4.69, 9.17) is 25.8 Å². The van der Waals surface area contributed by atoms with Crippen LogP contribution in [0, 0.1) is 16.3 Å². The average molecular weight is 652 g/mol. The van der Waals surface area contributed by atoms with Crippen LogP contribution < -0.4 is 19.5 Å². The molecule has 1 aromatic heterocycles. The van der Waals surface area contributed by atoms with Crippen molar-refractivity contribution in [2.45, 2.75) is 52.0 Å². The van der Waals surface area contributed by atoms with Gasteiger partial charge in [-0.2, -0.15) is 0 Å². The molecule has 0 aliphatic carbocycles. The van der Waals surface area contributed by atoms with E-state index < -0.39 is 5.82 Å². The molecule has 7 nitrogen and oxygen atoms in total. The van der Waals surface area contributed by atoms with Gasteiger partial charge in [-0.1, -0.05) is 41.9 Å². The summed E-state index contributed by atoms with van der Waals surface area (Å²) in [7, 11) is 0. The molecule has 2 aromatic carbocycles.